The summed E-state index contributed by atoms with van der Waals surface area (Å²) in [6.07, 6.45) is 1.53. The molecule has 4 rings (SSSR count). The number of carbonyl (C=O) groups excluding carboxylic acids is 3. The SMILES string of the molecule is COc1ccccc1NC(=O)CN1C(=O)S/C(=C/c2ccccc2OCc2ccccc2F)C1=O. The third kappa shape index (κ3) is 5.70. The minimum Gasteiger partial charge on any atom is -0.495 e. The Kier molecular flexibility index (Phi) is 7.47. The number of rotatable bonds is 8. The molecule has 9 heteroatoms. The van der Waals surface area contributed by atoms with Gasteiger partial charge in [0.2, 0.25) is 5.91 Å². The average Bonchev–Trinajstić information content (AvgIpc) is 3.12. The lowest BCUT2D eigenvalue weighted by atomic mass is 10.1. The number of thioether (sulfide) groups is 1. The van der Waals surface area contributed by atoms with Crippen LogP contribution in [0.25, 0.3) is 6.08 Å². The largest absolute Gasteiger partial charge is 0.495 e. The third-order valence-corrected chi connectivity index (χ3v) is 6.01. The van der Waals surface area contributed by atoms with Gasteiger partial charge in [-0.1, -0.05) is 48.5 Å². The van der Waals surface area contributed by atoms with E-state index in [0.29, 0.717) is 28.3 Å². The Hall–Kier alpha value is -4.11. The molecule has 1 heterocycles. The topological polar surface area (TPSA) is 84.9 Å². The zero-order valence-electron chi connectivity index (χ0n) is 18.7. The lowest BCUT2D eigenvalue weighted by Gasteiger charge is -2.14. The Morgan fingerprint density at radius 3 is 2.46 bits per heavy atom. The van der Waals surface area contributed by atoms with Gasteiger partial charge in [-0.3, -0.25) is 19.3 Å². The smallest absolute Gasteiger partial charge is 0.294 e. The highest BCUT2D eigenvalue weighted by molar-refractivity contribution is 8.18. The number of methoxy groups -OCH3 is 1. The first kappa shape index (κ1) is 24.0. The molecule has 0 aromatic heterocycles. The molecule has 178 valence electrons. The summed E-state index contributed by atoms with van der Waals surface area (Å²) in [6.45, 7) is -0.437. The van der Waals surface area contributed by atoms with Gasteiger partial charge in [-0.05, 0) is 42.1 Å². The minimum absolute atomic E-state index is 0.00211. The Morgan fingerprint density at radius 2 is 1.69 bits per heavy atom. The first-order chi connectivity index (χ1) is 17.0. The van der Waals surface area contributed by atoms with Crippen molar-refractivity contribution in [3.05, 3.63) is 94.6 Å². The molecule has 0 unspecified atom stereocenters. The van der Waals surface area contributed by atoms with Crippen LogP contribution in [-0.4, -0.2) is 35.6 Å². The molecule has 3 aromatic carbocycles. The number of anilines is 1. The Bertz CT molecular complexity index is 1310. The maximum atomic E-state index is 13.9. The molecule has 35 heavy (non-hydrogen) atoms. The highest BCUT2D eigenvalue weighted by Crippen LogP contribution is 2.34. The van der Waals surface area contributed by atoms with E-state index < -0.39 is 23.6 Å². The second-order valence-corrected chi connectivity index (χ2v) is 8.43. The number of ether oxygens (including phenoxy) is 2. The summed E-state index contributed by atoms with van der Waals surface area (Å²) in [4.78, 5) is 38.9. The van der Waals surface area contributed by atoms with Crippen molar-refractivity contribution in [1.29, 1.82) is 0 Å². The third-order valence-electron chi connectivity index (χ3n) is 5.10. The molecule has 3 aromatic rings. The number of nitrogens with one attached hydrogen (secondary N) is 1. The number of imide groups is 1. The van der Waals surface area contributed by atoms with Crippen LogP contribution in [0.5, 0.6) is 11.5 Å². The molecule has 0 saturated carbocycles. The summed E-state index contributed by atoms with van der Waals surface area (Å²) in [7, 11) is 1.48. The van der Waals surface area contributed by atoms with Gasteiger partial charge in [0.25, 0.3) is 11.1 Å². The lowest BCUT2D eigenvalue weighted by molar-refractivity contribution is -0.127. The number of carbonyl (C=O) groups is 3. The van der Waals surface area contributed by atoms with Crippen molar-refractivity contribution < 1.29 is 28.2 Å². The maximum Gasteiger partial charge on any atom is 0.294 e. The predicted octanol–water partition coefficient (Wildman–Crippen LogP) is 5.09. The van der Waals surface area contributed by atoms with Crippen molar-refractivity contribution >= 4 is 40.6 Å². The molecule has 0 atom stereocenters. The molecule has 7 nitrogen and oxygen atoms in total. The summed E-state index contributed by atoms with van der Waals surface area (Å²) in [5, 5.41) is 2.10. The van der Waals surface area contributed by atoms with Gasteiger partial charge in [-0.15, -0.1) is 0 Å². The summed E-state index contributed by atoms with van der Waals surface area (Å²) in [5.74, 6) is -0.610. The van der Waals surface area contributed by atoms with Gasteiger partial charge in [0, 0.05) is 11.1 Å². The monoisotopic (exact) mass is 492 g/mol. The van der Waals surface area contributed by atoms with E-state index in [2.05, 4.69) is 5.32 Å². The summed E-state index contributed by atoms with van der Waals surface area (Å²) >= 11 is 0.736. The fourth-order valence-corrected chi connectivity index (χ4v) is 4.19. The van der Waals surface area contributed by atoms with E-state index in [9.17, 15) is 18.8 Å². The molecule has 1 fully saturated rings. The minimum atomic E-state index is -0.584. The van der Waals surface area contributed by atoms with E-state index in [1.165, 1.54) is 19.3 Å². The Morgan fingerprint density at radius 1 is 1.00 bits per heavy atom. The van der Waals surface area contributed by atoms with E-state index in [1.807, 2.05) is 0 Å². The number of nitrogens with zero attached hydrogens (tertiary/aromatic N) is 1. The quantitative estimate of drug-likeness (QED) is 0.441. The standard InChI is InChI=1S/C26H21FN2O5S/c1-33-22-13-7-5-11-20(22)28-24(30)15-29-25(31)23(35-26(29)32)14-17-8-3-6-12-21(17)34-16-18-9-2-4-10-19(18)27/h2-14H,15-16H2,1H3,(H,28,30)/b23-14+. The van der Waals surface area contributed by atoms with Crippen LogP contribution >= 0.6 is 11.8 Å². The average molecular weight is 493 g/mol. The summed E-state index contributed by atoms with van der Waals surface area (Å²) in [5.41, 5.74) is 1.37. The maximum absolute atomic E-state index is 13.9. The van der Waals surface area contributed by atoms with E-state index in [0.717, 1.165) is 16.7 Å². The van der Waals surface area contributed by atoms with Crippen LogP contribution in [-0.2, 0) is 16.2 Å². The molecule has 1 saturated heterocycles. The molecule has 0 radical (unpaired) electrons. The molecular formula is C26H21FN2O5S. The fourth-order valence-electron chi connectivity index (χ4n) is 3.36. The lowest BCUT2D eigenvalue weighted by Crippen LogP contribution is -2.36. The van der Waals surface area contributed by atoms with Gasteiger partial charge in [0.15, 0.2) is 0 Å². The molecule has 1 aliphatic rings. The van der Waals surface area contributed by atoms with E-state index in [4.69, 9.17) is 9.47 Å². The van der Waals surface area contributed by atoms with Gasteiger partial charge in [-0.2, -0.15) is 0 Å². The zero-order valence-corrected chi connectivity index (χ0v) is 19.5. The predicted molar refractivity (Wildman–Crippen MR) is 131 cm³/mol. The fraction of sp³-hybridized carbons (Fsp3) is 0.115. The molecule has 0 aliphatic carbocycles. The van der Waals surface area contributed by atoms with E-state index in [1.54, 1.807) is 66.7 Å². The first-order valence-corrected chi connectivity index (χ1v) is 11.4. The molecule has 0 bridgehead atoms. The van der Waals surface area contributed by atoms with E-state index >= 15 is 0 Å². The van der Waals surface area contributed by atoms with Crippen molar-refractivity contribution in [1.82, 2.24) is 4.90 Å². The first-order valence-electron chi connectivity index (χ1n) is 10.6. The van der Waals surface area contributed by atoms with Crippen molar-refractivity contribution in [3.63, 3.8) is 0 Å². The number of hydrogen-bond donors (Lipinski definition) is 1. The van der Waals surface area contributed by atoms with Crippen LogP contribution in [0.4, 0.5) is 14.9 Å². The highest BCUT2D eigenvalue weighted by atomic mass is 32.2. The normalized spacial score (nSPS) is 14.3. The van der Waals surface area contributed by atoms with Crippen molar-refractivity contribution in [3.8, 4) is 11.5 Å². The highest BCUT2D eigenvalue weighted by Gasteiger charge is 2.36. The molecule has 0 spiro atoms. The van der Waals surface area contributed by atoms with Crippen molar-refractivity contribution in [2.75, 3.05) is 19.0 Å². The molecule has 1 aliphatic heterocycles. The van der Waals surface area contributed by atoms with Crippen LogP contribution in [0.3, 0.4) is 0 Å². The second-order valence-electron chi connectivity index (χ2n) is 7.43. The van der Waals surface area contributed by atoms with E-state index in [-0.39, 0.29) is 17.3 Å². The van der Waals surface area contributed by atoms with Crippen LogP contribution in [0.1, 0.15) is 11.1 Å². The summed E-state index contributed by atoms with van der Waals surface area (Å²) < 4.78 is 24.9. The Balaban J connectivity index is 1.46. The molecule has 3 amide bonds. The van der Waals surface area contributed by atoms with Gasteiger partial charge < -0.3 is 14.8 Å². The van der Waals surface area contributed by atoms with Crippen LogP contribution in [0, 0.1) is 5.82 Å². The van der Waals surface area contributed by atoms with Gasteiger partial charge in [0.05, 0.1) is 17.7 Å². The van der Waals surface area contributed by atoms with Crippen LogP contribution in [0.2, 0.25) is 0 Å². The molecular weight excluding hydrogens is 471 g/mol. The van der Waals surface area contributed by atoms with Gasteiger partial charge >= 0.3 is 0 Å². The number of hydrogen-bond acceptors (Lipinski definition) is 6. The van der Waals surface area contributed by atoms with Crippen molar-refractivity contribution in [2.45, 2.75) is 6.61 Å². The van der Waals surface area contributed by atoms with Crippen LogP contribution in [0.15, 0.2) is 77.7 Å². The Labute approximate surface area is 205 Å². The zero-order chi connectivity index (χ0) is 24.8. The number of halogens is 1. The second kappa shape index (κ2) is 10.9. The van der Waals surface area contributed by atoms with Crippen molar-refractivity contribution in [2.24, 2.45) is 0 Å². The number of benzene rings is 3. The number of para-hydroxylation sites is 3. The van der Waals surface area contributed by atoms with Gasteiger partial charge in [0.1, 0.15) is 30.5 Å². The van der Waals surface area contributed by atoms with Crippen LogP contribution < -0.4 is 14.8 Å². The number of amides is 3. The molecule has 1 N–H and O–H groups in total. The van der Waals surface area contributed by atoms with Gasteiger partial charge in [-0.25, -0.2) is 4.39 Å². The summed E-state index contributed by atoms with van der Waals surface area (Å²) in [6, 6.07) is 20.0.